The predicted molar refractivity (Wildman–Crippen MR) is 126 cm³/mol. The number of allylic oxidation sites excluding steroid dienone is 1. The number of hydrogen-bond acceptors (Lipinski definition) is 5. The van der Waals surface area contributed by atoms with Gasteiger partial charge in [0.2, 0.25) is 5.91 Å². The Morgan fingerprint density at radius 2 is 1.70 bits per heavy atom. The van der Waals surface area contributed by atoms with Crippen molar-refractivity contribution in [2.75, 3.05) is 12.3 Å². The first-order valence-electron chi connectivity index (χ1n) is 9.84. The van der Waals surface area contributed by atoms with E-state index in [-0.39, 0.29) is 5.91 Å². The highest BCUT2D eigenvalue weighted by Gasteiger charge is 2.13. The van der Waals surface area contributed by atoms with Crippen LogP contribution >= 0.6 is 23.5 Å². The molecule has 1 aromatic heterocycles. The maximum Gasteiger partial charge on any atom is 0.230 e. The lowest BCUT2D eigenvalue weighted by Crippen LogP contribution is -2.27. The van der Waals surface area contributed by atoms with Gasteiger partial charge < -0.3 is 9.88 Å². The second-order valence-electron chi connectivity index (χ2n) is 6.65. The van der Waals surface area contributed by atoms with Crippen LogP contribution in [0.25, 0.3) is 0 Å². The summed E-state index contributed by atoms with van der Waals surface area (Å²) in [5.74, 6) is 2.92. The van der Waals surface area contributed by atoms with Crippen LogP contribution in [0.15, 0.2) is 78.5 Å². The molecule has 0 atom stereocenters. The van der Waals surface area contributed by atoms with Crippen LogP contribution in [0.5, 0.6) is 0 Å². The fourth-order valence-corrected chi connectivity index (χ4v) is 4.57. The predicted octanol–water partition coefficient (Wildman–Crippen LogP) is 4.35. The van der Waals surface area contributed by atoms with E-state index in [1.807, 2.05) is 34.9 Å². The number of benzene rings is 2. The third-order valence-electron chi connectivity index (χ3n) is 4.36. The van der Waals surface area contributed by atoms with Crippen molar-refractivity contribution in [3.05, 3.63) is 90.3 Å². The largest absolute Gasteiger partial charge is 0.355 e. The molecule has 0 bridgehead atoms. The first-order valence-corrected chi connectivity index (χ1v) is 12.0. The van der Waals surface area contributed by atoms with Crippen molar-refractivity contribution >= 4 is 29.4 Å². The molecule has 156 valence electrons. The summed E-state index contributed by atoms with van der Waals surface area (Å²) in [6.45, 7) is 5.10. The molecule has 0 saturated heterocycles. The van der Waals surface area contributed by atoms with Gasteiger partial charge in [0, 0.05) is 18.8 Å². The summed E-state index contributed by atoms with van der Waals surface area (Å²) in [4.78, 5) is 12.2. The van der Waals surface area contributed by atoms with E-state index < -0.39 is 0 Å². The summed E-state index contributed by atoms with van der Waals surface area (Å²) < 4.78 is 2.03. The zero-order valence-corrected chi connectivity index (χ0v) is 18.5. The molecule has 0 saturated carbocycles. The highest BCUT2D eigenvalue weighted by Crippen LogP contribution is 2.21. The number of nitrogens with zero attached hydrogens (tertiary/aromatic N) is 3. The molecule has 7 heteroatoms. The van der Waals surface area contributed by atoms with Gasteiger partial charge in [-0.3, -0.25) is 4.79 Å². The van der Waals surface area contributed by atoms with Crippen LogP contribution < -0.4 is 5.32 Å². The number of carbonyl (C=O) groups is 1. The Labute approximate surface area is 186 Å². The molecule has 0 fully saturated rings. The Balaban J connectivity index is 1.46. The van der Waals surface area contributed by atoms with Gasteiger partial charge in [-0.2, -0.15) is 0 Å². The summed E-state index contributed by atoms with van der Waals surface area (Å²) >= 11 is 3.21. The molecule has 1 N–H and O–H groups in total. The highest BCUT2D eigenvalue weighted by atomic mass is 32.2. The van der Waals surface area contributed by atoms with Crippen LogP contribution in [0.1, 0.15) is 17.0 Å². The van der Waals surface area contributed by atoms with Gasteiger partial charge in [-0.1, -0.05) is 78.5 Å². The van der Waals surface area contributed by atoms with Crippen LogP contribution in [0.4, 0.5) is 0 Å². The van der Waals surface area contributed by atoms with Crippen molar-refractivity contribution in [2.45, 2.75) is 29.6 Å². The molecule has 1 heterocycles. The van der Waals surface area contributed by atoms with E-state index in [2.05, 4.69) is 58.5 Å². The van der Waals surface area contributed by atoms with Gasteiger partial charge in [0.15, 0.2) is 5.16 Å². The summed E-state index contributed by atoms with van der Waals surface area (Å²) in [5.41, 5.74) is 2.51. The molecular formula is C23H26N4OS2. The fraction of sp³-hybridized carbons (Fsp3) is 0.261. The summed E-state index contributed by atoms with van der Waals surface area (Å²) in [6, 6.07) is 20.5. The minimum absolute atomic E-state index is 0.00378. The van der Waals surface area contributed by atoms with Crippen molar-refractivity contribution in [1.29, 1.82) is 0 Å². The number of nitrogens with one attached hydrogen (secondary N) is 1. The smallest absolute Gasteiger partial charge is 0.230 e. The number of hydrogen-bond donors (Lipinski definition) is 1. The fourth-order valence-electron chi connectivity index (χ4n) is 2.85. The second kappa shape index (κ2) is 12.2. The molecule has 2 aromatic carbocycles. The molecular weight excluding hydrogens is 412 g/mol. The molecule has 0 aliphatic heterocycles. The Morgan fingerprint density at radius 1 is 1.00 bits per heavy atom. The minimum Gasteiger partial charge on any atom is -0.355 e. The average Bonchev–Trinajstić information content (AvgIpc) is 3.16. The summed E-state index contributed by atoms with van der Waals surface area (Å²) in [5, 5.41) is 12.4. The number of rotatable bonds is 12. The van der Waals surface area contributed by atoms with Gasteiger partial charge in [-0.05, 0) is 17.5 Å². The maximum atomic E-state index is 12.2. The first-order chi connectivity index (χ1) is 14.8. The number of thioether (sulfide) groups is 2. The van der Waals surface area contributed by atoms with Gasteiger partial charge in [-0.15, -0.1) is 28.5 Å². The van der Waals surface area contributed by atoms with Crippen LogP contribution in [-0.2, 0) is 29.3 Å². The van der Waals surface area contributed by atoms with E-state index in [1.54, 1.807) is 11.8 Å². The molecule has 0 unspecified atom stereocenters. The number of aromatic nitrogens is 3. The van der Waals surface area contributed by atoms with E-state index >= 15 is 0 Å². The lowest BCUT2D eigenvalue weighted by Gasteiger charge is -2.08. The van der Waals surface area contributed by atoms with Crippen molar-refractivity contribution in [1.82, 2.24) is 20.1 Å². The molecule has 5 nitrogen and oxygen atoms in total. The Hall–Kier alpha value is -2.51. The maximum absolute atomic E-state index is 12.2. The monoisotopic (exact) mass is 438 g/mol. The molecule has 1 amide bonds. The standard InChI is InChI=1S/C23H26N4OS2/c1-2-15-27-21(17-29-16-20-11-7-4-8-12-20)25-26-23(27)30-18-22(28)24-14-13-19-9-5-3-6-10-19/h2-12H,1,13-18H2,(H,24,28). The van der Waals surface area contributed by atoms with Gasteiger partial charge in [0.25, 0.3) is 0 Å². The normalized spacial score (nSPS) is 10.7. The van der Waals surface area contributed by atoms with E-state index in [1.165, 1.54) is 22.9 Å². The minimum atomic E-state index is 0.00378. The Kier molecular flexibility index (Phi) is 9.05. The molecule has 0 spiro atoms. The van der Waals surface area contributed by atoms with E-state index in [4.69, 9.17) is 0 Å². The molecule has 0 aliphatic carbocycles. The van der Waals surface area contributed by atoms with E-state index in [0.29, 0.717) is 18.8 Å². The van der Waals surface area contributed by atoms with Gasteiger partial charge >= 0.3 is 0 Å². The summed E-state index contributed by atoms with van der Waals surface area (Å²) in [6.07, 6.45) is 2.66. The average molecular weight is 439 g/mol. The SMILES string of the molecule is C=CCn1c(CSCc2ccccc2)nnc1SCC(=O)NCCc1ccccc1. The Morgan fingerprint density at radius 3 is 2.40 bits per heavy atom. The molecule has 3 aromatic rings. The van der Waals surface area contributed by atoms with E-state index in [0.717, 1.165) is 28.9 Å². The zero-order chi connectivity index (χ0) is 21.0. The number of amides is 1. The molecule has 0 aliphatic rings. The summed E-state index contributed by atoms with van der Waals surface area (Å²) in [7, 11) is 0. The van der Waals surface area contributed by atoms with Crippen LogP contribution in [0.2, 0.25) is 0 Å². The van der Waals surface area contributed by atoms with Crippen LogP contribution in [0.3, 0.4) is 0 Å². The van der Waals surface area contributed by atoms with Crippen LogP contribution in [-0.4, -0.2) is 33.0 Å². The van der Waals surface area contributed by atoms with Crippen molar-refractivity contribution in [2.24, 2.45) is 0 Å². The second-order valence-corrected chi connectivity index (χ2v) is 8.58. The zero-order valence-electron chi connectivity index (χ0n) is 16.9. The first kappa shape index (κ1) is 22.2. The van der Waals surface area contributed by atoms with Crippen molar-refractivity contribution in [3.63, 3.8) is 0 Å². The van der Waals surface area contributed by atoms with Gasteiger partial charge in [0.1, 0.15) is 5.82 Å². The van der Waals surface area contributed by atoms with E-state index in [9.17, 15) is 4.79 Å². The highest BCUT2D eigenvalue weighted by molar-refractivity contribution is 7.99. The van der Waals surface area contributed by atoms with Crippen molar-refractivity contribution < 1.29 is 4.79 Å². The van der Waals surface area contributed by atoms with Crippen LogP contribution in [0, 0.1) is 0 Å². The quantitative estimate of drug-likeness (QED) is 0.337. The third kappa shape index (κ3) is 7.07. The van der Waals surface area contributed by atoms with Crippen molar-refractivity contribution in [3.8, 4) is 0 Å². The Bertz CT molecular complexity index is 929. The lowest BCUT2D eigenvalue weighted by molar-refractivity contribution is -0.118. The lowest BCUT2D eigenvalue weighted by atomic mass is 10.1. The number of carbonyl (C=O) groups excluding carboxylic acids is 1. The van der Waals surface area contributed by atoms with Gasteiger partial charge in [-0.25, -0.2) is 0 Å². The van der Waals surface area contributed by atoms with Gasteiger partial charge in [0.05, 0.1) is 11.5 Å². The third-order valence-corrected chi connectivity index (χ3v) is 6.33. The molecule has 3 rings (SSSR count). The molecule has 30 heavy (non-hydrogen) atoms. The topological polar surface area (TPSA) is 59.8 Å². The molecule has 0 radical (unpaired) electrons.